The Labute approximate surface area is 160 Å². The molecule has 2 rings (SSSR count). The zero-order valence-corrected chi connectivity index (χ0v) is 15.5. The maximum Gasteiger partial charge on any atom is 0.326 e. The Morgan fingerprint density at radius 2 is 1.88 bits per heavy atom. The molecule has 1 aromatic rings. The highest BCUT2D eigenvalue weighted by Gasteiger charge is 2.32. The maximum atomic E-state index is 11.8. The van der Waals surface area contributed by atoms with Crippen molar-refractivity contribution in [2.24, 2.45) is 0 Å². The fourth-order valence-corrected chi connectivity index (χ4v) is 2.77. The van der Waals surface area contributed by atoms with Crippen molar-refractivity contribution in [2.75, 3.05) is 32.1 Å². The van der Waals surface area contributed by atoms with Crippen molar-refractivity contribution in [3.05, 3.63) is 28.2 Å². The lowest BCUT2D eigenvalue weighted by atomic mass is 10.3. The van der Waals surface area contributed by atoms with E-state index >= 15 is 0 Å². The summed E-state index contributed by atoms with van der Waals surface area (Å²) in [6, 6.07) is 4.37. The number of amides is 4. The number of ether oxygens (including phenoxy) is 1. The van der Waals surface area contributed by atoms with Gasteiger partial charge in [0.2, 0.25) is 5.91 Å². The van der Waals surface area contributed by atoms with Crippen LogP contribution in [0.4, 0.5) is 10.5 Å². The van der Waals surface area contributed by atoms with Crippen molar-refractivity contribution in [1.29, 1.82) is 0 Å². The highest BCUT2D eigenvalue weighted by Crippen LogP contribution is 2.29. The number of nitrogens with one attached hydrogen (secondary N) is 1. The van der Waals surface area contributed by atoms with Crippen molar-refractivity contribution < 1.29 is 23.9 Å². The number of carbonyl (C=O) groups excluding carboxylic acids is 4. The van der Waals surface area contributed by atoms with E-state index in [-0.39, 0.29) is 53.6 Å². The molecule has 8 nitrogen and oxygen atoms in total. The molecule has 1 heterocycles. The topological polar surface area (TPSA) is 96.0 Å². The van der Waals surface area contributed by atoms with Gasteiger partial charge in [-0.2, -0.15) is 0 Å². The number of hydrogen-bond donors (Lipinski definition) is 1. The summed E-state index contributed by atoms with van der Waals surface area (Å²) in [7, 11) is 1.53. The Hall–Kier alpha value is -2.32. The molecule has 140 valence electrons. The molecule has 0 saturated carbocycles. The number of urea groups is 1. The monoisotopic (exact) mass is 401 g/mol. The largest absolute Gasteiger partial charge is 0.456 e. The smallest absolute Gasteiger partial charge is 0.326 e. The molecule has 1 aromatic carbocycles. The molecule has 4 amide bonds. The summed E-state index contributed by atoms with van der Waals surface area (Å²) < 4.78 is 4.86. The average Bonchev–Trinajstić information content (AvgIpc) is 2.82. The summed E-state index contributed by atoms with van der Waals surface area (Å²) in [6.07, 6.45) is 0.225. The van der Waals surface area contributed by atoms with E-state index in [4.69, 9.17) is 27.9 Å². The Balaban J connectivity index is 1.71. The second kappa shape index (κ2) is 8.86. The van der Waals surface area contributed by atoms with Gasteiger partial charge in [-0.1, -0.05) is 29.3 Å². The van der Waals surface area contributed by atoms with Gasteiger partial charge in [0.1, 0.15) is 6.54 Å². The number of imide groups is 1. The van der Waals surface area contributed by atoms with Crippen molar-refractivity contribution in [3.8, 4) is 0 Å². The lowest BCUT2D eigenvalue weighted by Gasteiger charge is -2.13. The van der Waals surface area contributed by atoms with Gasteiger partial charge in [-0.25, -0.2) is 4.79 Å². The first-order valence-corrected chi connectivity index (χ1v) is 8.50. The fraction of sp³-hybridized carbons (Fsp3) is 0.375. The van der Waals surface area contributed by atoms with Crippen LogP contribution in [0.15, 0.2) is 18.2 Å². The van der Waals surface area contributed by atoms with E-state index in [1.165, 1.54) is 11.9 Å². The normalized spacial score (nSPS) is 14.0. The number of carbonyl (C=O) groups is 4. The molecular weight excluding hydrogens is 385 g/mol. The average molecular weight is 402 g/mol. The number of likely N-dealkylation sites (N-methyl/N-ethyl adjacent to an activating group) is 1. The minimum atomic E-state index is -0.613. The van der Waals surface area contributed by atoms with Gasteiger partial charge in [-0.05, 0) is 18.6 Å². The number of rotatable bonds is 7. The molecule has 1 fully saturated rings. The summed E-state index contributed by atoms with van der Waals surface area (Å²) in [6.45, 7) is -0.336. The predicted octanol–water partition coefficient (Wildman–Crippen LogP) is 2.15. The third kappa shape index (κ3) is 5.09. The number of halogens is 2. The number of anilines is 1. The van der Waals surface area contributed by atoms with Gasteiger partial charge in [0, 0.05) is 20.0 Å². The molecule has 1 saturated heterocycles. The minimum absolute atomic E-state index is 0.0269. The van der Waals surface area contributed by atoms with Gasteiger partial charge in [-0.3, -0.25) is 19.3 Å². The first-order chi connectivity index (χ1) is 12.3. The van der Waals surface area contributed by atoms with Crippen molar-refractivity contribution in [3.63, 3.8) is 0 Å². The van der Waals surface area contributed by atoms with Crippen LogP contribution in [0.3, 0.4) is 0 Å². The first kappa shape index (κ1) is 20.0. The standard InChI is InChI=1S/C16H17Cl2N3O5/c1-20-8-13(23)21(16(20)25)7-3-6-14(24)26-9-12(22)19-15-10(17)4-2-5-11(15)18/h2,4-5H,3,6-9H2,1H3,(H,19,22). The Bertz CT molecular complexity index is 720. The second-order valence-electron chi connectivity index (χ2n) is 5.59. The molecule has 0 spiro atoms. The van der Waals surface area contributed by atoms with Crippen molar-refractivity contribution in [1.82, 2.24) is 9.80 Å². The molecule has 26 heavy (non-hydrogen) atoms. The SMILES string of the molecule is CN1CC(=O)N(CCCC(=O)OCC(=O)Nc2c(Cl)cccc2Cl)C1=O. The van der Waals surface area contributed by atoms with Gasteiger partial charge in [-0.15, -0.1) is 0 Å². The van der Waals surface area contributed by atoms with Crippen LogP contribution in [0.1, 0.15) is 12.8 Å². The maximum absolute atomic E-state index is 11.8. The van der Waals surface area contributed by atoms with E-state index in [2.05, 4.69) is 5.32 Å². The summed E-state index contributed by atoms with van der Waals surface area (Å²) in [4.78, 5) is 49.1. The van der Waals surface area contributed by atoms with Crippen molar-refractivity contribution >= 4 is 52.7 Å². The lowest BCUT2D eigenvalue weighted by Crippen LogP contribution is -2.32. The molecule has 1 aliphatic rings. The molecule has 1 N–H and O–H groups in total. The highest BCUT2D eigenvalue weighted by molar-refractivity contribution is 6.39. The predicted molar refractivity (Wildman–Crippen MR) is 95.0 cm³/mol. The number of esters is 1. The zero-order valence-electron chi connectivity index (χ0n) is 14.0. The number of para-hydroxylation sites is 1. The third-order valence-corrected chi connectivity index (χ3v) is 4.21. The molecule has 0 aliphatic carbocycles. The number of benzene rings is 1. The van der Waals surface area contributed by atoms with Crippen LogP contribution >= 0.6 is 23.2 Å². The fourth-order valence-electron chi connectivity index (χ4n) is 2.28. The van der Waals surface area contributed by atoms with Gasteiger partial charge < -0.3 is 15.0 Å². The van der Waals surface area contributed by atoms with Crippen LogP contribution < -0.4 is 5.32 Å². The Kier molecular flexibility index (Phi) is 6.82. The molecule has 0 aromatic heterocycles. The summed E-state index contributed by atoms with van der Waals surface area (Å²) in [5.41, 5.74) is 0.243. The molecular formula is C16H17Cl2N3O5. The van der Waals surface area contributed by atoms with E-state index < -0.39 is 18.5 Å². The number of hydrogen-bond acceptors (Lipinski definition) is 5. The van der Waals surface area contributed by atoms with Crippen LogP contribution in [0.2, 0.25) is 10.0 Å². The molecule has 0 radical (unpaired) electrons. The first-order valence-electron chi connectivity index (χ1n) is 7.74. The van der Waals surface area contributed by atoms with E-state index in [1.807, 2.05) is 0 Å². The quantitative estimate of drug-likeness (QED) is 0.557. The molecule has 0 unspecified atom stereocenters. The lowest BCUT2D eigenvalue weighted by molar-refractivity contribution is -0.147. The third-order valence-electron chi connectivity index (χ3n) is 3.58. The van der Waals surface area contributed by atoms with E-state index in [0.717, 1.165) is 4.90 Å². The zero-order chi connectivity index (χ0) is 19.3. The Morgan fingerprint density at radius 3 is 2.46 bits per heavy atom. The van der Waals surface area contributed by atoms with Gasteiger partial charge in [0.05, 0.1) is 15.7 Å². The van der Waals surface area contributed by atoms with E-state index in [1.54, 1.807) is 18.2 Å². The van der Waals surface area contributed by atoms with E-state index in [9.17, 15) is 19.2 Å². The number of nitrogens with zero attached hydrogens (tertiary/aromatic N) is 2. The highest BCUT2D eigenvalue weighted by atomic mass is 35.5. The van der Waals surface area contributed by atoms with E-state index in [0.29, 0.717) is 0 Å². The summed E-state index contributed by atoms with van der Waals surface area (Å²) in [5.74, 6) is -1.50. The summed E-state index contributed by atoms with van der Waals surface area (Å²) >= 11 is 11.9. The van der Waals surface area contributed by atoms with Crippen LogP contribution in [0, 0.1) is 0 Å². The second-order valence-corrected chi connectivity index (χ2v) is 6.41. The molecule has 10 heteroatoms. The molecule has 1 aliphatic heterocycles. The van der Waals surface area contributed by atoms with Gasteiger partial charge >= 0.3 is 12.0 Å². The molecule has 0 bridgehead atoms. The van der Waals surface area contributed by atoms with Crippen LogP contribution in [0.25, 0.3) is 0 Å². The Morgan fingerprint density at radius 1 is 1.23 bits per heavy atom. The van der Waals surface area contributed by atoms with Crippen LogP contribution in [0.5, 0.6) is 0 Å². The van der Waals surface area contributed by atoms with Crippen molar-refractivity contribution in [2.45, 2.75) is 12.8 Å². The van der Waals surface area contributed by atoms with Gasteiger partial charge in [0.25, 0.3) is 5.91 Å². The molecule has 0 atom stereocenters. The summed E-state index contributed by atoms with van der Waals surface area (Å²) in [5, 5.41) is 3.00. The minimum Gasteiger partial charge on any atom is -0.456 e. The van der Waals surface area contributed by atoms with Crippen LogP contribution in [-0.2, 0) is 19.1 Å². The van der Waals surface area contributed by atoms with Crippen LogP contribution in [-0.4, -0.2) is 60.4 Å². The van der Waals surface area contributed by atoms with Gasteiger partial charge in [0.15, 0.2) is 6.61 Å².